The summed E-state index contributed by atoms with van der Waals surface area (Å²) in [6.07, 6.45) is 0.831. The molecule has 0 aliphatic rings. The lowest BCUT2D eigenvalue weighted by Gasteiger charge is -2.20. The molecule has 158 valence electrons. The molecule has 0 radical (unpaired) electrons. The lowest BCUT2D eigenvalue weighted by molar-refractivity contribution is 0.0757. The van der Waals surface area contributed by atoms with Crippen LogP contribution in [0.1, 0.15) is 30.6 Å². The second-order valence-corrected chi connectivity index (χ2v) is 8.70. The minimum Gasteiger partial charge on any atom is -0.497 e. The predicted octanol–water partition coefficient (Wildman–Crippen LogP) is 3.07. The molecule has 0 aromatic heterocycles. The summed E-state index contributed by atoms with van der Waals surface area (Å²) in [4.78, 5) is 12.4. The Balaban J connectivity index is 2.08. The first kappa shape index (κ1) is 22.7. The van der Waals surface area contributed by atoms with Crippen LogP contribution in [-0.2, 0) is 14.8 Å². The third kappa shape index (κ3) is 6.20. The van der Waals surface area contributed by atoms with E-state index in [4.69, 9.17) is 9.47 Å². The van der Waals surface area contributed by atoms with E-state index in [1.54, 1.807) is 43.5 Å². The van der Waals surface area contributed by atoms with Gasteiger partial charge in [0.05, 0.1) is 23.8 Å². The molecule has 0 heterocycles. The fraction of sp³-hybridized carbons (Fsp3) is 0.381. The molecule has 0 saturated carbocycles. The molecule has 2 aromatic carbocycles. The van der Waals surface area contributed by atoms with Crippen molar-refractivity contribution in [1.29, 1.82) is 0 Å². The monoisotopic (exact) mass is 420 g/mol. The highest BCUT2D eigenvalue weighted by atomic mass is 32.2. The minimum absolute atomic E-state index is 0.0478. The number of nitrogens with one attached hydrogen (secondary N) is 1. The Hall–Kier alpha value is -2.58. The van der Waals surface area contributed by atoms with E-state index < -0.39 is 10.0 Å². The van der Waals surface area contributed by atoms with E-state index in [0.717, 1.165) is 0 Å². The SMILES string of the molecule is COc1ccc(N(C)S(=O)(=O)c2cccc(C(=O)NCCCOC(C)C)c2)cc1. The third-order valence-corrected chi connectivity index (χ3v) is 6.03. The largest absolute Gasteiger partial charge is 0.497 e. The number of rotatable bonds is 10. The van der Waals surface area contributed by atoms with Crippen LogP contribution in [0.4, 0.5) is 5.69 Å². The van der Waals surface area contributed by atoms with Crippen LogP contribution in [-0.4, -0.2) is 47.7 Å². The number of carbonyl (C=O) groups is 1. The fourth-order valence-corrected chi connectivity index (χ4v) is 3.82. The Kier molecular flexibility index (Phi) is 8.04. The van der Waals surface area contributed by atoms with Gasteiger partial charge in [-0.2, -0.15) is 0 Å². The van der Waals surface area contributed by atoms with Crippen molar-refractivity contribution in [3.63, 3.8) is 0 Å². The molecule has 8 heteroatoms. The summed E-state index contributed by atoms with van der Waals surface area (Å²) in [5.74, 6) is 0.315. The van der Waals surface area contributed by atoms with Crippen molar-refractivity contribution in [3.8, 4) is 5.75 Å². The van der Waals surface area contributed by atoms with Crippen molar-refractivity contribution in [3.05, 3.63) is 54.1 Å². The second kappa shape index (κ2) is 10.3. The van der Waals surface area contributed by atoms with E-state index in [9.17, 15) is 13.2 Å². The number of hydrogen-bond acceptors (Lipinski definition) is 5. The third-order valence-electron chi connectivity index (χ3n) is 4.25. The molecule has 29 heavy (non-hydrogen) atoms. The Morgan fingerprint density at radius 2 is 1.83 bits per heavy atom. The Morgan fingerprint density at radius 3 is 2.45 bits per heavy atom. The lowest BCUT2D eigenvalue weighted by Crippen LogP contribution is -2.28. The molecule has 0 aliphatic carbocycles. The summed E-state index contributed by atoms with van der Waals surface area (Å²) in [7, 11) is -0.798. The van der Waals surface area contributed by atoms with Crippen molar-refractivity contribution in [2.75, 3.05) is 31.6 Å². The highest BCUT2D eigenvalue weighted by Gasteiger charge is 2.22. The fourth-order valence-electron chi connectivity index (χ4n) is 2.58. The normalized spacial score (nSPS) is 11.3. The Morgan fingerprint density at radius 1 is 1.14 bits per heavy atom. The van der Waals surface area contributed by atoms with Gasteiger partial charge in [-0.05, 0) is 62.7 Å². The summed E-state index contributed by atoms with van der Waals surface area (Å²) in [6, 6.07) is 12.7. The first-order valence-electron chi connectivity index (χ1n) is 9.38. The highest BCUT2D eigenvalue weighted by Crippen LogP contribution is 2.24. The van der Waals surface area contributed by atoms with Gasteiger partial charge in [-0.3, -0.25) is 9.10 Å². The van der Waals surface area contributed by atoms with Gasteiger partial charge in [-0.1, -0.05) is 6.07 Å². The maximum atomic E-state index is 13.0. The van der Waals surface area contributed by atoms with Crippen LogP contribution >= 0.6 is 0 Å². The smallest absolute Gasteiger partial charge is 0.264 e. The van der Waals surface area contributed by atoms with Crippen molar-refractivity contribution in [1.82, 2.24) is 5.32 Å². The zero-order valence-electron chi connectivity index (χ0n) is 17.2. The zero-order chi connectivity index (χ0) is 21.4. The van der Waals surface area contributed by atoms with E-state index in [1.165, 1.54) is 23.5 Å². The molecule has 0 aliphatic heterocycles. The molecule has 0 saturated heterocycles. The van der Waals surface area contributed by atoms with Crippen LogP contribution in [0.15, 0.2) is 53.4 Å². The van der Waals surface area contributed by atoms with Gasteiger partial charge < -0.3 is 14.8 Å². The standard InChI is InChI=1S/C21H28N2O5S/c1-16(2)28-14-6-13-22-21(24)17-7-5-8-20(15-17)29(25,26)23(3)18-9-11-19(27-4)12-10-18/h5,7-12,15-16H,6,13-14H2,1-4H3,(H,22,24). The maximum absolute atomic E-state index is 13.0. The van der Waals surface area contributed by atoms with E-state index >= 15 is 0 Å². The van der Waals surface area contributed by atoms with Gasteiger partial charge in [0.15, 0.2) is 0 Å². The van der Waals surface area contributed by atoms with Gasteiger partial charge in [0, 0.05) is 25.8 Å². The van der Waals surface area contributed by atoms with Gasteiger partial charge in [0.25, 0.3) is 15.9 Å². The topological polar surface area (TPSA) is 84.9 Å². The maximum Gasteiger partial charge on any atom is 0.264 e. The summed E-state index contributed by atoms with van der Waals surface area (Å²) in [5.41, 5.74) is 0.782. The number of anilines is 1. The van der Waals surface area contributed by atoms with Gasteiger partial charge in [0.1, 0.15) is 5.75 Å². The molecule has 2 aromatic rings. The molecule has 0 fully saturated rings. The molecular formula is C21H28N2O5S. The minimum atomic E-state index is -3.81. The number of carbonyl (C=O) groups excluding carboxylic acids is 1. The molecule has 0 bridgehead atoms. The van der Waals surface area contributed by atoms with E-state index in [1.807, 2.05) is 13.8 Å². The van der Waals surface area contributed by atoms with Crippen molar-refractivity contribution < 1.29 is 22.7 Å². The van der Waals surface area contributed by atoms with Crippen molar-refractivity contribution in [2.45, 2.75) is 31.3 Å². The van der Waals surface area contributed by atoms with E-state index in [-0.39, 0.29) is 16.9 Å². The molecule has 1 amide bonds. The van der Waals surface area contributed by atoms with Crippen LogP contribution in [0.3, 0.4) is 0 Å². The quantitative estimate of drug-likeness (QED) is 0.597. The molecule has 1 N–H and O–H groups in total. The van der Waals surface area contributed by atoms with E-state index in [2.05, 4.69) is 5.32 Å². The molecule has 0 unspecified atom stereocenters. The average Bonchev–Trinajstić information content (AvgIpc) is 2.72. The number of methoxy groups -OCH3 is 1. The number of benzene rings is 2. The van der Waals surface area contributed by atoms with Crippen LogP contribution in [0.5, 0.6) is 5.75 Å². The average molecular weight is 421 g/mol. The van der Waals surface area contributed by atoms with E-state index in [0.29, 0.717) is 36.6 Å². The van der Waals surface area contributed by atoms with Crippen LogP contribution < -0.4 is 14.4 Å². The highest BCUT2D eigenvalue weighted by molar-refractivity contribution is 7.92. The van der Waals surface area contributed by atoms with Crippen molar-refractivity contribution >= 4 is 21.6 Å². The van der Waals surface area contributed by atoms with Crippen LogP contribution in [0.2, 0.25) is 0 Å². The zero-order valence-corrected chi connectivity index (χ0v) is 18.0. The first-order chi connectivity index (χ1) is 13.8. The Labute approximate surface area is 172 Å². The van der Waals surface area contributed by atoms with Crippen molar-refractivity contribution in [2.24, 2.45) is 0 Å². The van der Waals surface area contributed by atoms with Crippen LogP contribution in [0.25, 0.3) is 0 Å². The number of amides is 1. The molecule has 7 nitrogen and oxygen atoms in total. The Bertz CT molecular complexity index is 911. The summed E-state index contributed by atoms with van der Waals surface area (Å²) in [6.45, 7) is 4.91. The molecule has 2 rings (SSSR count). The molecule has 0 spiro atoms. The van der Waals surface area contributed by atoms with Gasteiger partial charge in [-0.15, -0.1) is 0 Å². The number of nitrogens with zero attached hydrogens (tertiary/aromatic N) is 1. The summed E-state index contributed by atoms with van der Waals surface area (Å²) in [5, 5.41) is 2.78. The van der Waals surface area contributed by atoms with Gasteiger partial charge >= 0.3 is 0 Å². The second-order valence-electron chi connectivity index (χ2n) is 6.73. The molecule has 0 atom stereocenters. The molecular weight excluding hydrogens is 392 g/mol. The predicted molar refractivity (Wildman–Crippen MR) is 113 cm³/mol. The lowest BCUT2D eigenvalue weighted by atomic mass is 10.2. The number of hydrogen-bond donors (Lipinski definition) is 1. The summed E-state index contributed by atoms with van der Waals surface area (Å²) >= 11 is 0. The first-order valence-corrected chi connectivity index (χ1v) is 10.8. The number of ether oxygens (including phenoxy) is 2. The number of sulfonamides is 1. The summed E-state index contributed by atoms with van der Waals surface area (Å²) < 4.78 is 37.6. The van der Waals surface area contributed by atoms with Gasteiger partial charge in [-0.25, -0.2) is 8.42 Å². The van der Waals surface area contributed by atoms with Crippen LogP contribution in [0, 0.1) is 0 Å². The van der Waals surface area contributed by atoms with Gasteiger partial charge in [0.2, 0.25) is 0 Å².